The first-order chi connectivity index (χ1) is 15.6. The summed E-state index contributed by atoms with van der Waals surface area (Å²) in [5, 5.41) is 10.7. The van der Waals surface area contributed by atoms with Gasteiger partial charge in [0.2, 0.25) is 0 Å². The summed E-state index contributed by atoms with van der Waals surface area (Å²) in [5.74, 6) is -0.895. The molecular weight excluding hydrogens is 426 g/mol. The van der Waals surface area contributed by atoms with Crippen LogP contribution in [0.1, 0.15) is 41.9 Å². The van der Waals surface area contributed by atoms with Gasteiger partial charge < -0.3 is 5.11 Å². The number of halogens is 2. The van der Waals surface area contributed by atoms with Crippen LogP contribution < -0.4 is 5.43 Å². The van der Waals surface area contributed by atoms with E-state index in [1.165, 1.54) is 35.1 Å². The quantitative estimate of drug-likeness (QED) is 0.443. The highest BCUT2D eigenvalue weighted by Gasteiger charge is 2.18. The monoisotopic (exact) mass is 450 g/mol. The number of nitrogens with one attached hydrogen (secondary N) is 1. The highest BCUT2D eigenvalue weighted by Crippen LogP contribution is 2.25. The lowest BCUT2D eigenvalue weighted by Crippen LogP contribution is -2.23. The number of rotatable bonds is 6. The van der Waals surface area contributed by atoms with Crippen LogP contribution in [-0.4, -0.2) is 31.3 Å². The maximum atomic E-state index is 13.9. The van der Waals surface area contributed by atoms with Crippen LogP contribution >= 0.6 is 0 Å². The molecule has 0 aliphatic rings. The fourth-order valence-corrected chi connectivity index (χ4v) is 3.63. The standard InChI is InChI=1S/C25H24F2N4O2/c1-15-21(13-28-23(29-15)16-5-4-6-18(26)11-16)24(32)30-31-14-17(9-10-25(2,3)33)20-12-19(27)7-8-22(20)31/h4-8,11-14,33H,9-10H2,1-3H3,(H,30,32). The van der Waals surface area contributed by atoms with Crippen LogP contribution in [0.2, 0.25) is 0 Å². The average molecular weight is 450 g/mol. The lowest BCUT2D eigenvalue weighted by atomic mass is 9.99. The molecule has 2 aromatic carbocycles. The van der Waals surface area contributed by atoms with Gasteiger partial charge in [-0.05, 0) is 69.5 Å². The van der Waals surface area contributed by atoms with Crippen molar-refractivity contribution >= 4 is 16.8 Å². The van der Waals surface area contributed by atoms with E-state index in [4.69, 9.17) is 0 Å². The minimum Gasteiger partial charge on any atom is -0.390 e. The van der Waals surface area contributed by atoms with E-state index in [0.29, 0.717) is 40.8 Å². The Balaban J connectivity index is 1.62. The highest BCUT2D eigenvalue weighted by atomic mass is 19.1. The van der Waals surface area contributed by atoms with Crippen LogP contribution in [0.25, 0.3) is 22.3 Å². The van der Waals surface area contributed by atoms with Crippen molar-refractivity contribution in [2.24, 2.45) is 0 Å². The first-order valence-electron chi connectivity index (χ1n) is 10.5. The second-order valence-corrected chi connectivity index (χ2v) is 8.64. The summed E-state index contributed by atoms with van der Waals surface area (Å²) in [6, 6.07) is 10.3. The number of hydrogen-bond acceptors (Lipinski definition) is 4. The molecule has 0 aliphatic carbocycles. The van der Waals surface area contributed by atoms with Gasteiger partial charge in [-0.15, -0.1) is 0 Å². The zero-order chi connectivity index (χ0) is 23.8. The molecule has 0 saturated heterocycles. The molecule has 2 aromatic heterocycles. The van der Waals surface area contributed by atoms with Gasteiger partial charge >= 0.3 is 0 Å². The number of fused-ring (bicyclic) bond motifs is 1. The molecule has 0 aliphatic heterocycles. The maximum Gasteiger partial charge on any atom is 0.273 e. The van der Waals surface area contributed by atoms with Crippen molar-refractivity contribution in [3.8, 4) is 11.4 Å². The molecule has 2 N–H and O–H groups in total. The number of aliphatic hydroxyl groups is 1. The zero-order valence-electron chi connectivity index (χ0n) is 18.6. The number of nitrogens with zero attached hydrogens (tertiary/aromatic N) is 3. The van der Waals surface area contributed by atoms with Crippen LogP contribution in [0.5, 0.6) is 0 Å². The summed E-state index contributed by atoms with van der Waals surface area (Å²) in [7, 11) is 0. The normalized spacial score (nSPS) is 11.7. The van der Waals surface area contributed by atoms with Gasteiger partial charge in [0.05, 0.1) is 22.4 Å². The van der Waals surface area contributed by atoms with Crippen LogP contribution in [0.4, 0.5) is 8.78 Å². The topological polar surface area (TPSA) is 80.0 Å². The Bertz CT molecular complexity index is 1340. The molecule has 0 unspecified atom stereocenters. The third-order valence-corrected chi connectivity index (χ3v) is 5.38. The van der Waals surface area contributed by atoms with E-state index in [1.54, 1.807) is 45.2 Å². The van der Waals surface area contributed by atoms with Gasteiger partial charge in [-0.3, -0.25) is 14.9 Å². The van der Waals surface area contributed by atoms with Gasteiger partial charge in [0, 0.05) is 23.3 Å². The summed E-state index contributed by atoms with van der Waals surface area (Å²) >= 11 is 0. The highest BCUT2D eigenvalue weighted by molar-refractivity contribution is 6.01. The second kappa shape index (κ2) is 8.71. The zero-order valence-corrected chi connectivity index (χ0v) is 18.6. The third kappa shape index (κ3) is 5.06. The molecular formula is C25H24F2N4O2. The van der Waals surface area contributed by atoms with Crippen LogP contribution in [-0.2, 0) is 6.42 Å². The van der Waals surface area contributed by atoms with Crippen molar-refractivity contribution in [2.75, 3.05) is 5.43 Å². The third-order valence-electron chi connectivity index (χ3n) is 5.38. The van der Waals surface area contributed by atoms with E-state index in [9.17, 15) is 18.7 Å². The Kier molecular flexibility index (Phi) is 5.95. The number of carbonyl (C=O) groups excluding carboxylic acids is 1. The van der Waals surface area contributed by atoms with Gasteiger partial charge in [-0.2, -0.15) is 0 Å². The van der Waals surface area contributed by atoms with E-state index in [-0.39, 0.29) is 11.4 Å². The molecule has 6 nitrogen and oxygen atoms in total. The number of hydrogen-bond donors (Lipinski definition) is 2. The number of carbonyl (C=O) groups is 1. The predicted molar refractivity (Wildman–Crippen MR) is 122 cm³/mol. The SMILES string of the molecule is Cc1nc(-c2cccc(F)c2)ncc1C(=O)Nn1cc(CCC(C)(C)O)c2cc(F)ccc21. The maximum absolute atomic E-state index is 13.9. The number of benzene rings is 2. The van der Waals surface area contributed by atoms with Crippen molar-refractivity contribution in [3.63, 3.8) is 0 Å². The minimum atomic E-state index is -0.872. The Morgan fingerprint density at radius 2 is 1.91 bits per heavy atom. The Morgan fingerprint density at radius 3 is 2.61 bits per heavy atom. The van der Waals surface area contributed by atoms with Crippen molar-refractivity contribution in [2.45, 2.75) is 39.2 Å². The van der Waals surface area contributed by atoms with Gasteiger partial charge in [-0.25, -0.2) is 18.7 Å². The number of amides is 1. The van der Waals surface area contributed by atoms with Gasteiger partial charge in [0.1, 0.15) is 11.6 Å². The molecule has 170 valence electrons. The van der Waals surface area contributed by atoms with Gasteiger partial charge in [-0.1, -0.05) is 12.1 Å². The van der Waals surface area contributed by atoms with Crippen LogP contribution in [0.15, 0.2) is 54.9 Å². The lowest BCUT2D eigenvalue weighted by Gasteiger charge is -2.16. The molecule has 2 heterocycles. The summed E-state index contributed by atoms with van der Waals surface area (Å²) in [4.78, 5) is 21.6. The van der Waals surface area contributed by atoms with Crippen LogP contribution in [0, 0.1) is 18.6 Å². The smallest absolute Gasteiger partial charge is 0.273 e. The molecule has 1 amide bonds. The lowest BCUT2D eigenvalue weighted by molar-refractivity contribution is 0.0714. The first kappa shape index (κ1) is 22.5. The van der Waals surface area contributed by atoms with Gasteiger partial charge in [0.25, 0.3) is 5.91 Å². The van der Waals surface area contributed by atoms with Crippen molar-refractivity contribution in [1.29, 1.82) is 0 Å². The molecule has 0 radical (unpaired) electrons. The Morgan fingerprint density at radius 1 is 1.15 bits per heavy atom. The van der Waals surface area contributed by atoms with Crippen molar-refractivity contribution < 1.29 is 18.7 Å². The molecule has 0 fully saturated rings. The van der Waals surface area contributed by atoms with Crippen molar-refractivity contribution in [1.82, 2.24) is 14.6 Å². The predicted octanol–water partition coefficient (Wildman–Crippen LogP) is 4.77. The molecule has 4 rings (SSSR count). The summed E-state index contributed by atoms with van der Waals surface area (Å²) in [6.07, 6.45) is 4.12. The first-order valence-corrected chi connectivity index (χ1v) is 10.5. The summed E-state index contributed by atoms with van der Waals surface area (Å²) in [5.41, 5.74) is 4.58. The number of aromatic nitrogens is 3. The molecule has 33 heavy (non-hydrogen) atoms. The van der Waals surface area contributed by atoms with Gasteiger partial charge in [0.15, 0.2) is 5.82 Å². The van der Waals surface area contributed by atoms with E-state index in [2.05, 4.69) is 15.4 Å². The van der Waals surface area contributed by atoms with Crippen molar-refractivity contribution in [3.05, 3.63) is 83.3 Å². The van der Waals surface area contributed by atoms with E-state index in [1.807, 2.05) is 0 Å². The van der Waals surface area contributed by atoms with Crippen LogP contribution in [0.3, 0.4) is 0 Å². The number of aryl methyl sites for hydroxylation is 2. The molecule has 4 aromatic rings. The molecule has 0 saturated carbocycles. The Hall–Kier alpha value is -3.65. The minimum absolute atomic E-state index is 0.261. The fourth-order valence-electron chi connectivity index (χ4n) is 3.63. The van der Waals surface area contributed by atoms with E-state index < -0.39 is 17.3 Å². The van der Waals surface area contributed by atoms with E-state index in [0.717, 1.165) is 5.56 Å². The molecule has 0 spiro atoms. The molecule has 0 bridgehead atoms. The largest absolute Gasteiger partial charge is 0.390 e. The summed E-state index contributed by atoms with van der Waals surface area (Å²) in [6.45, 7) is 5.10. The Labute approximate surface area is 189 Å². The molecule has 8 heteroatoms. The second-order valence-electron chi connectivity index (χ2n) is 8.64. The fraction of sp³-hybridized carbons (Fsp3) is 0.240. The summed E-state index contributed by atoms with van der Waals surface area (Å²) < 4.78 is 29.0. The molecule has 0 atom stereocenters. The average Bonchev–Trinajstić information content (AvgIpc) is 3.08. The van der Waals surface area contributed by atoms with E-state index >= 15 is 0 Å².